The molecule has 6 nitrogen and oxygen atoms in total. The molecule has 0 aromatic heterocycles. The second-order valence-electron chi connectivity index (χ2n) is 13.8. The van der Waals surface area contributed by atoms with Crippen molar-refractivity contribution in [2.75, 3.05) is 0 Å². The largest absolute Gasteiger partial charge is 0.457 e. The van der Waals surface area contributed by atoms with Crippen LogP contribution >= 0.6 is 0 Å². The Kier molecular flexibility index (Phi) is 10.0. The van der Waals surface area contributed by atoms with E-state index in [9.17, 15) is 0 Å². The number of carbonyl (C=O) groups excluding carboxylic acids is 3. The molecule has 0 fully saturated rings. The third-order valence-corrected chi connectivity index (χ3v) is 10.0. The van der Waals surface area contributed by atoms with Crippen LogP contribution in [0.3, 0.4) is 0 Å². The summed E-state index contributed by atoms with van der Waals surface area (Å²) in [7, 11) is 0. The Morgan fingerprint density at radius 1 is 0.288 bits per heavy atom. The van der Waals surface area contributed by atoms with E-state index in [0.717, 1.165) is 10.8 Å². The number of para-hydroxylation sites is 6. The van der Waals surface area contributed by atoms with Crippen molar-refractivity contribution < 1.29 is 28.6 Å². The van der Waals surface area contributed by atoms with E-state index in [0.29, 0.717) is 39.5 Å². The quantitative estimate of drug-likeness (QED) is 0.0910. The van der Waals surface area contributed by atoms with Crippen molar-refractivity contribution in [2.45, 2.75) is 0 Å². The molecule has 0 radical (unpaired) electrons. The standard InChI is InChI=1S/C53H34O6/c54-51(41-26-12-15-29-46(41)57-38-20-4-1-5-21-38)45-34-37-32-35-18-10-11-19-36(35)33-44(37)49(52(55)42-27-13-16-30-47(42)58-39-22-6-2-7-23-39)50(45)53(56)43-28-14-17-31-48(43)59-40-24-8-3-9-25-40/h1-34H. The number of carbonyl (C=O) groups is 3. The third-order valence-electron chi connectivity index (χ3n) is 10.0. The molecule has 0 saturated carbocycles. The molecule has 9 aromatic rings. The fourth-order valence-electron chi connectivity index (χ4n) is 7.23. The Morgan fingerprint density at radius 3 is 1.10 bits per heavy atom. The van der Waals surface area contributed by atoms with Gasteiger partial charge in [-0.15, -0.1) is 0 Å². The Morgan fingerprint density at radius 2 is 0.644 bits per heavy atom. The minimum absolute atomic E-state index is 0.0289. The number of fused-ring (bicyclic) bond motifs is 2. The first-order chi connectivity index (χ1) is 29.0. The molecular formula is C53H34O6. The summed E-state index contributed by atoms with van der Waals surface area (Å²) in [5, 5.41) is 2.86. The number of hydrogen-bond acceptors (Lipinski definition) is 6. The average Bonchev–Trinajstić information content (AvgIpc) is 3.28. The molecule has 9 aromatic carbocycles. The minimum atomic E-state index is -0.568. The van der Waals surface area contributed by atoms with Gasteiger partial charge >= 0.3 is 0 Å². The average molecular weight is 767 g/mol. The van der Waals surface area contributed by atoms with Crippen LogP contribution in [0.15, 0.2) is 206 Å². The maximum absolute atomic E-state index is 15.6. The zero-order valence-corrected chi connectivity index (χ0v) is 31.6. The van der Waals surface area contributed by atoms with Gasteiger partial charge in [-0.2, -0.15) is 0 Å². The number of hydrogen-bond donors (Lipinski definition) is 0. The lowest BCUT2D eigenvalue weighted by molar-refractivity contribution is 0.0989. The molecule has 0 N–H and O–H groups in total. The predicted molar refractivity (Wildman–Crippen MR) is 231 cm³/mol. The topological polar surface area (TPSA) is 78.9 Å². The molecule has 0 aliphatic carbocycles. The fourth-order valence-corrected chi connectivity index (χ4v) is 7.23. The number of ether oxygens (including phenoxy) is 3. The summed E-state index contributed by atoms with van der Waals surface area (Å²) in [6.45, 7) is 0. The summed E-state index contributed by atoms with van der Waals surface area (Å²) in [6.07, 6.45) is 0. The van der Waals surface area contributed by atoms with Crippen molar-refractivity contribution in [3.63, 3.8) is 0 Å². The zero-order chi connectivity index (χ0) is 40.1. The summed E-state index contributed by atoms with van der Waals surface area (Å²) in [6, 6.07) is 61.5. The first-order valence-electron chi connectivity index (χ1n) is 19.1. The first kappa shape index (κ1) is 36.5. The molecule has 0 amide bonds. The van der Waals surface area contributed by atoms with E-state index < -0.39 is 17.3 Å². The molecule has 0 unspecified atom stereocenters. The van der Waals surface area contributed by atoms with Gasteiger partial charge in [-0.1, -0.05) is 115 Å². The van der Waals surface area contributed by atoms with Crippen molar-refractivity contribution in [3.05, 3.63) is 240 Å². The van der Waals surface area contributed by atoms with Gasteiger partial charge in [0.2, 0.25) is 0 Å². The molecule has 9 rings (SSSR count). The maximum Gasteiger partial charge on any atom is 0.198 e. The molecule has 0 aliphatic rings. The number of benzene rings is 9. The number of ketones is 3. The van der Waals surface area contributed by atoms with Gasteiger partial charge in [0.05, 0.1) is 16.7 Å². The summed E-state index contributed by atoms with van der Waals surface area (Å²) in [5.74, 6) is 0.873. The van der Waals surface area contributed by atoms with Crippen molar-refractivity contribution in [3.8, 4) is 34.5 Å². The number of rotatable bonds is 12. The Balaban J connectivity index is 1.32. The molecule has 0 bridgehead atoms. The smallest absolute Gasteiger partial charge is 0.198 e. The lowest BCUT2D eigenvalue weighted by Gasteiger charge is -2.20. The third kappa shape index (κ3) is 7.46. The van der Waals surface area contributed by atoms with Gasteiger partial charge in [0.25, 0.3) is 0 Å². The minimum Gasteiger partial charge on any atom is -0.457 e. The highest BCUT2D eigenvalue weighted by Gasteiger charge is 2.32. The van der Waals surface area contributed by atoms with Crippen LogP contribution in [0.2, 0.25) is 0 Å². The highest BCUT2D eigenvalue weighted by Crippen LogP contribution is 2.39. The van der Waals surface area contributed by atoms with Crippen molar-refractivity contribution in [1.82, 2.24) is 0 Å². The Hall–Kier alpha value is -8.09. The Bertz CT molecular complexity index is 3010. The van der Waals surface area contributed by atoms with Gasteiger partial charge < -0.3 is 14.2 Å². The lowest BCUT2D eigenvalue weighted by atomic mass is 9.82. The fraction of sp³-hybridized carbons (Fsp3) is 0. The second kappa shape index (κ2) is 16.2. The van der Waals surface area contributed by atoms with Crippen LogP contribution in [-0.4, -0.2) is 17.3 Å². The zero-order valence-electron chi connectivity index (χ0n) is 31.6. The molecule has 282 valence electrons. The SMILES string of the molecule is O=C(c1ccccc1Oc1ccccc1)c1cc2cc3ccccc3cc2c(C(=O)c2ccccc2Oc2ccccc2)c1C(=O)c1ccccc1Oc1ccccc1. The van der Waals surface area contributed by atoms with E-state index >= 15 is 14.4 Å². The van der Waals surface area contributed by atoms with Gasteiger partial charge in [-0.05, 0) is 113 Å². The summed E-state index contributed by atoms with van der Waals surface area (Å²) >= 11 is 0. The predicted octanol–water partition coefficient (Wildman–Crippen LogP) is 13.1. The van der Waals surface area contributed by atoms with E-state index in [1.165, 1.54) is 0 Å². The van der Waals surface area contributed by atoms with Crippen molar-refractivity contribution >= 4 is 38.9 Å². The molecule has 59 heavy (non-hydrogen) atoms. The molecule has 0 atom stereocenters. The van der Waals surface area contributed by atoms with Gasteiger partial charge in [0.15, 0.2) is 17.3 Å². The first-order valence-corrected chi connectivity index (χ1v) is 19.1. The molecular weight excluding hydrogens is 733 g/mol. The maximum atomic E-state index is 15.6. The van der Waals surface area contributed by atoms with Crippen LogP contribution in [0.1, 0.15) is 47.8 Å². The normalized spacial score (nSPS) is 10.9. The summed E-state index contributed by atoms with van der Waals surface area (Å²) in [5.41, 5.74) is 0.609. The summed E-state index contributed by atoms with van der Waals surface area (Å²) < 4.78 is 18.9. The highest BCUT2D eigenvalue weighted by atomic mass is 16.5. The van der Waals surface area contributed by atoms with Crippen LogP contribution in [0.5, 0.6) is 34.5 Å². The molecule has 0 aliphatic heterocycles. The molecule has 0 saturated heterocycles. The van der Waals surface area contributed by atoms with Crippen LogP contribution in [0.4, 0.5) is 0 Å². The van der Waals surface area contributed by atoms with Crippen molar-refractivity contribution in [2.24, 2.45) is 0 Å². The van der Waals surface area contributed by atoms with Crippen LogP contribution in [0.25, 0.3) is 21.5 Å². The van der Waals surface area contributed by atoms with Crippen LogP contribution in [0, 0.1) is 0 Å². The van der Waals surface area contributed by atoms with E-state index in [1.54, 1.807) is 115 Å². The van der Waals surface area contributed by atoms with Gasteiger partial charge in [0, 0.05) is 16.7 Å². The van der Waals surface area contributed by atoms with E-state index in [1.807, 2.05) is 91.0 Å². The van der Waals surface area contributed by atoms with Crippen molar-refractivity contribution in [1.29, 1.82) is 0 Å². The monoisotopic (exact) mass is 766 g/mol. The lowest BCUT2D eigenvalue weighted by Crippen LogP contribution is -2.19. The van der Waals surface area contributed by atoms with E-state index in [4.69, 9.17) is 14.2 Å². The Labute approximate surface area is 340 Å². The highest BCUT2D eigenvalue weighted by molar-refractivity contribution is 6.31. The molecule has 6 heteroatoms. The molecule has 0 heterocycles. The van der Waals surface area contributed by atoms with Crippen LogP contribution in [-0.2, 0) is 0 Å². The van der Waals surface area contributed by atoms with E-state index in [2.05, 4.69) is 0 Å². The van der Waals surface area contributed by atoms with Gasteiger partial charge in [0.1, 0.15) is 34.5 Å². The van der Waals surface area contributed by atoms with E-state index in [-0.39, 0.29) is 39.1 Å². The van der Waals surface area contributed by atoms with Gasteiger partial charge in [-0.25, -0.2) is 0 Å². The summed E-state index contributed by atoms with van der Waals surface area (Å²) in [4.78, 5) is 46.5. The second-order valence-corrected chi connectivity index (χ2v) is 13.8. The van der Waals surface area contributed by atoms with Crippen LogP contribution < -0.4 is 14.2 Å². The molecule has 0 spiro atoms. The van der Waals surface area contributed by atoms with Gasteiger partial charge in [-0.3, -0.25) is 14.4 Å².